The van der Waals surface area contributed by atoms with Gasteiger partial charge < -0.3 is 0 Å². The van der Waals surface area contributed by atoms with Crippen LogP contribution in [0.15, 0.2) is 47.6 Å². The molecule has 0 spiro atoms. The normalized spacial score (nSPS) is 15.4. The van der Waals surface area contributed by atoms with Gasteiger partial charge in [0.15, 0.2) is 0 Å². The van der Waals surface area contributed by atoms with E-state index in [-0.39, 0.29) is 18.2 Å². The van der Waals surface area contributed by atoms with E-state index in [1.54, 1.807) is 12.1 Å². The lowest BCUT2D eigenvalue weighted by molar-refractivity contribution is 0.131. The zero-order valence-electron chi connectivity index (χ0n) is 14.2. The van der Waals surface area contributed by atoms with E-state index in [1.165, 1.54) is 23.4 Å². The van der Waals surface area contributed by atoms with Gasteiger partial charge >= 0.3 is 0 Å². The third-order valence-electron chi connectivity index (χ3n) is 4.23. The van der Waals surface area contributed by atoms with Crippen LogP contribution in [0, 0.1) is 12.7 Å². The quantitative estimate of drug-likeness (QED) is 0.732. The number of hydrogen-bond donors (Lipinski definition) is 0. The summed E-state index contributed by atoms with van der Waals surface area (Å²) in [6, 6.07) is 13.3. The Labute approximate surface area is 159 Å². The molecule has 0 aliphatic carbocycles. The first-order valence-corrected chi connectivity index (χ1v) is 8.50. The van der Waals surface area contributed by atoms with Crippen molar-refractivity contribution in [1.29, 1.82) is 0 Å². The molecule has 3 rings (SSSR count). The molecule has 0 atom stereocenters. The second-order valence-corrected chi connectivity index (χ2v) is 6.50. The van der Waals surface area contributed by atoms with Gasteiger partial charge in [-0.15, -0.1) is 12.4 Å². The third kappa shape index (κ3) is 5.43. The molecule has 0 radical (unpaired) electrons. The second-order valence-electron chi connectivity index (χ2n) is 6.10. The molecule has 25 heavy (non-hydrogen) atoms. The highest BCUT2D eigenvalue weighted by Crippen LogP contribution is 2.17. The van der Waals surface area contributed by atoms with Gasteiger partial charge in [-0.05, 0) is 24.6 Å². The van der Waals surface area contributed by atoms with Crippen molar-refractivity contribution in [2.75, 3.05) is 26.2 Å². The zero-order chi connectivity index (χ0) is 16.9. The molecule has 0 bridgehead atoms. The maximum absolute atomic E-state index is 13.7. The summed E-state index contributed by atoms with van der Waals surface area (Å²) in [5.41, 5.74) is 2.96. The molecule has 1 saturated heterocycles. The lowest BCUT2D eigenvalue weighted by Crippen LogP contribution is -2.43. The zero-order valence-corrected chi connectivity index (χ0v) is 15.7. The van der Waals surface area contributed by atoms with E-state index >= 15 is 0 Å². The fraction of sp³-hybridized carbons (Fsp3) is 0.316. The monoisotopic (exact) mass is 381 g/mol. The van der Waals surface area contributed by atoms with Crippen molar-refractivity contribution in [3.05, 3.63) is 70.0 Å². The molecule has 0 amide bonds. The van der Waals surface area contributed by atoms with Gasteiger partial charge in [0, 0.05) is 38.3 Å². The van der Waals surface area contributed by atoms with Crippen molar-refractivity contribution in [2.24, 2.45) is 5.10 Å². The van der Waals surface area contributed by atoms with Crippen molar-refractivity contribution in [3.8, 4) is 0 Å². The van der Waals surface area contributed by atoms with E-state index in [0.717, 1.165) is 32.7 Å². The van der Waals surface area contributed by atoms with Gasteiger partial charge in [-0.3, -0.25) is 9.91 Å². The van der Waals surface area contributed by atoms with Crippen LogP contribution >= 0.6 is 24.0 Å². The van der Waals surface area contributed by atoms with E-state index < -0.39 is 0 Å². The number of benzene rings is 2. The van der Waals surface area contributed by atoms with Gasteiger partial charge in [0.2, 0.25) is 0 Å². The molecule has 1 fully saturated rings. The molecule has 2 aromatic carbocycles. The Bertz CT molecular complexity index is 691. The summed E-state index contributed by atoms with van der Waals surface area (Å²) >= 11 is 6.01. The van der Waals surface area contributed by atoms with Gasteiger partial charge in [-0.1, -0.05) is 47.5 Å². The van der Waals surface area contributed by atoms with Crippen LogP contribution in [-0.2, 0) is 6.54 Å². The molecule has 3 nitrogen and oxygen atoms in total. The van der Waals surface area contributed by atoms with Crippen molar-refractivity contribution in [3.63, 3.8) is 0 Å². The standard InChI is InChI=1S/C19H21ClFN3.ClH/c1-15-5-7-16(8-6-15)14-23-9-11-24(12-10-23)22-13-17-18(20)3-2-4-19(17)21;/h2-8,13H,9-12,14H2,1H3;1H/b22-13-;. The number of hydrogen-bond acceptors (Lipinski definition) is 3. The number of rotatable bonds is 4. The van der Waals surface area contributed by atoms with Gasteiger partial charge in [-0.25, -0.2) is 4.39 Å². The lowest BCUT2D eigenvalue weighted by Gasteiger charge is -2.33. The highest BCUT2D eigenvalue weighted by Gasteiger charge is 2.15. The molecular formula is C19H22Cl2FN3. The maximum Gasteiger partial charge on any atom is 0.133 e. The Kier molecular flexibility index (Phi) is 7.24. The molecular weight excluding hydrogens is 360 g/mol. The topological polar surface area (TPSA) is 18.8 Å². The van der Waals surface area contributed by atoms with Crippen LogP contribution < -0.4 is 0 Å². The predicted octanol–water partition coefficient (Wildman–Crippen LogP) is 4.36. The van der Waals surface area contributed by atoms with Gasteiger partial charge in [0.1, 0.15) is 5.82 Å². The first-order valence-electron chi connectivity index (χ1n) is 8.12. The van der Waals surface area contributed by atoms with Crippen molar-refractivity contribution < 1.29 is 4.39 Å². The summed E-state index contributed by atoms with van der Waals surface area (Å²) in [5, 5.41) is 6.74. The smallest absolute Gasteiger partial charge is 0.133 e. The van der Waals surface area contributed by atoms with Crippen molar-refractivity contribution >= 4 is 30.2 Å². The number of nitrogens with zero attached hydrogens (tertiary/aromatic N) is 3. The SMILES string of the molecule is Cc1ccc(CN2CCN(/N=C\c3c(F)cccc3Cl)CC2)cc1.Cl. The first-order chi connectivity index (χ1) is 11.6. The molecule has 1 aliphatic rings. The summed E-state index contributed by atoms with van der Waals surface area (Å²) in [6.07, 6.45) is 1.52. The molecule has 0 N–H and O–H groups in total. The largest absolute Gasteiger partial charge is 0.295 e. The fourth-order valence-corrected chi connectivity index (χ4v) is 2.95. The summed E-state index contributed by atoms with van der Waals surface area (Å²) in [6.45, 7) is 6.59. The summed E-state index contributed by atoms with van der Waals surface area (Å²) in [4.78, 5) is 2.41. The number of halogens is 3. The van der Waals surface area contributed by atoms with Gasteiger partial charge in [0.05, 0.1) is 11.2 Å². The number of piperazine rings is 1. The van der Waals surface area contributed by atoms with Crippen molar-refractivity contribution in [1.82, 2.24) is 9.91 Å². The van der Waals surface area contributed by atoms with Gasteiger partial charge in [0.25, 0.3) is 0 Å². The van der Waals surface area contributed by atoms with Crippen LogP contribution in [-0.4, -0.2) is 42.3 Å². The second kappa shape index (κ2) is 9.18. The van der Waals surface area contributed by atoms with Crippen LogP contribution in [0.4, 0.5) is 4.39 Å². The molecule has 0 aromatic heterocycles. The highest BCUT2D eigenvalue weighted by molar-refractivity contribution is 6.33. The highest BCUT2D eigenvalue weighted by atomic mass is 35.5. The summed E-state index contributed by atoms with van der Waals surface area (Å²) in [5.74, 6) is -0.343. The Morgan fingerprint density at radius 1 is 1.08 bits per heavy atom. The van der Waals surface area contributed by atoms with Gasteiger partial charge in [-0.2, -0.15) is 5.10 Å². The third-order valence-corrected chi connectivity index (χ3v) is 4.55. The lowest BCUT2D eigenvalue weighted by atomic mass is 10.1. The van der Waals surface area contributed by atoms with Crippen LogP contribution in [0.2, 0.25) is 5.02 Å². The van der Waals surface area contributed by atoms with E-state index in [9.17, 15) is 4.39 Å². The first kappa shape index (κ1) is 19.7. The van der Waals surface area contributed by atoms with E-state index in [0.29, 0.717) is 10.6 Å². The Morgan fingerprint density at radius 2 is 1.76 bits per heavy atom. The molecule has 134 valence electrons. The minimum absolute atomic E-state index is 0. The molecule has 2 aromatic rings. The maximum atomic E-state index is 13.7. The minimum Gasteiger partial charge on any atom is -0.295 e. The number of hydrazone groups is 1. The van der Waals surface area contributed by atoms with Crippen molar-refractivity contribution in [2.45, 2.75) is 13.5 Å². The van der Waals surface area contributed by atoms with E-state index in [2.05, 4.69) is 41.2 Å². The molecule has 0 saturated carbocycles. The predicted molar refractivity (Wildman–Crippen MR) is 104 cm³/mol. The average molecular weight is 382 g/mol. The van der Waals surface area contributed by atoms with Crippen LogP contribution in [0.1, 0.15) is 16.7 Å². The van der Waals surface area contributed by atoms with Crippen LogP contribution in [0.5, 0.6) is 0 Å². The number of aryl methyl sites for hydroxylation is 1. The Hall–Kier alpha value is -1.62. The van der Waals surface area contributed by atoms with E-state index in [1.807, 2.05) is 5.01 Å². The fourth-order valence-electron chi connectivity index (χ4n) is 2.74. The minimum atomic E-state index is -0.343. The summed E-state index contributed by atoms with van der Waals surface area (Å²) < 4.78 is 13.7. The van der Waals surface area contributed by atoms with Crippen LogP contribution in [0.3, 0.4) is 0 Å². The molecule has 0 unspecified atom stereocenters. The van der Waals surface area contributed by atoms with E-state index in [4.69, 9.17) is 11.6 Å². The Morgan fingerprint density at radius 3 is 2.40 bits per heavy atom. The molecule has 6 heteroatoms. The van der Waals surface area contributed by atoms with Crippen LogP contribution in [0.25, 0.3) is 0 Å². The molecule has 1 aliphatic heterocycles. The Balaban J connectivity index is 0.00000225. The molecule has 1 heterocycles. The summed E-state index contributed by atoms with van der Waals surface area (Å²) in [7, 11) is 0. The average Bonchev–Trinajstić information content (AvgIpc) is 2.58.